The van der Waals surface area contributed by atoms with Gasteiger partial charge in [0.1, 0.15) is 5.75 Å². The molecule has 1 aromatic heterocycles. The molecule has 3 rings (SSSR count). The first-order valence-electron chi connectivity index (χ1n) is 7.93. The zero-order valence-electron chi connectivity index (χ0n) is 14.3. The van der Waals surface area contributed by atoms with Crippen LogP contribution in [0.15, 0.2) is 22.5 Å². The van der Waals surface area contributed by atoms with Crippen molar-refractivity contribution in [1.29, 1.82) is 0 Å². The number of nitrogens with zero attached hydrogens (tertiary/aromatic N) is 3. The molecule has 0 radical (unpaired) electrons. The molecule has 1 heterocycles. The molecule has 1 aliphatic rings. The summed E-state index contributed by atoms with van der Waals surface area (Å²) in [7, 11) is 1.56. The third-order valence-electron chi connectivity index (χ3n) is 3.84. The fourth-order valence-corrected chi connectivity index (χ4v) is 4.32. The van der Waals surface area contributed by atoms with Crippen molar-refractivity contribution in [2.24, 2.45) is 0 Å². The lowest BCUT2D eigenvalue weighted by molar-refractivity contribution is -0.116. The molecular formula is C17H19N3O3S2. The Morgan fingerprint density at radius 2 is 2.12 bits per heavy atom. The number of thioether (sulfide) groups is 1. The summed E-state index contributed by atoms with van der Waals surface area (Å²) in [5, 5.41) is 8.83. The number of benzene rings is 1. The first-order chi connectivity index (χ1) is 12.0. The molecule has 132 valence electrons. The van der Waals surface area contributed by atoms with E-state index >= 15 is 0 Å². The summed E-state index contributed by atoms with van der Waals surface area (Å²) >= 11 is 2.68. The summed E-state index contributed by atoms with van der Waals surface area (Å²) in [4.78, 5) is 26.0. The summed E-state index contributed by atoms with van der Waals surface area (Å²) in [6, 6.07) is 5.80. The van der Waals surface area contributed by atoms with Crippen molar-refractivity contribution in [1.82, 2.24) is 10.2 Å². The molecule has 1 saturated carbocycles. The average Bonchev–Trinajstić information content (AvgIpc) is 3.30. The van der Waals surface area contributed by atoms with Gasteiger partial charge in [0.2, 0.25) is 11.0 Å². The number of methoxy groups -OCH3 is 1. The number of ether oxygens (including phenoxy) is 1. The normalized spacial score (nSPS) is 13.6. The molecule has 0 atom stereocenters. The molecule has 0 bridgehead atoms. The van der Waals surface area contributed by atoms with Gasteiger partial charge in [-0.3, -0.25) is 14.5 Å². The van der Waals surface area contributed by atoms with Crippen molar-refractivity contribution in [3.63, 3.8) is 0 Å². The van der Waals surface area contributed by atoms with Gasteiger partial charge in [-0.2, -0.15) is 0 Å². The number of carbonyl (C=O) groups is 2. The Labute approximate surface area is 154 Å². The predicted octanol–water partition coefficient (Wildman–Crippen LogP) is 3.35. The molecule has 6 nitrogen and oxygen atoms in total. The van der Waals surface area contributed by atoms with Crippen molar-refractivity contribution in [2.45, 2.75) is 37.1 Å². The molecule has 1 aliphatic carbocycles. The van der Waals surface area contributed by atoms with Gasteiger partial charge < -0.3 is 4.74 Å². The summed E-state index contributed by atoms with van der Waals surface area (Å²) in [5.74, 6) is 0.784. The summed E-state index contributed by atoms with van der Waals surface area (Å²) < 4.78 is 5.95. The lowest BCUT2D eigenvalue weighted by atomic mass is 10.1. The number of aryl methyl sites for hydroxylation is 1. The smallest absolute Gasteiger partial charge is 0.225 e. The van der Waals surface area contributed by atoms with Gasteiger partial charge in [0.25, 0.3) is 0 Å². The molecule has 1 amide bonds. The van der Waals surface area contributed by atoms with Crippen molar-refractivity contribution in [3.05, 3.63) is 29.3 Å². The maximum Gasteiger partial charge on any atom is 0.225 e. The number of hydrogen-bond acceptors (Lipinski definition) is 7. The molecule has 1 fully saturated rings. The van der Waals surface area contributed by atoms with E-state index in [1.807, 2.05) is 19.1 Å². The van der Waals surface area contributed by atoms with Crippen LogP contribution in [0.2, 0.25) is 0 Å². The number of ketones is 1. The molecule has 1 aromatic carbocycles. The number of amides is 1. The van der Waals surface area contributed by atoms with Crippen LogP contribution in [0.3, 0.4) is 0 Å². The lowest BCUT2D eigenvalue weighted by Gasteiger charge is -2.15. The molecular weight excluding hydrogens is 358 g/mol. The van der Waals surface area contributed by atoms with Crippen LogP contribution >= 0.6 is 23.1 Å². The number of hydrogen-bond donors (Lipinski definition) is 0. The van der Waals surface area contributed by atoms with E-state index in [0.29, 0.717) is 20.8 Å². The highest BCUT2D eigenvalue weighted by molar-refractivity contribution is 8.01. The van der Waals surface area contributed by atoms with E-state index in [-0.39, 0.29) is 23.5 Å². The Balaban J connectivity index is 1.67. The minimum Gasteiger partial charge on any atom is -0.496 e. The first kappa shape index (κ1) is 17.9. The topological polar surface area (TPSA) is 72.4 Å². The van der Waals surface area contributed by atoms with E-state index in [9.17, 15) is 9.59 Å². The highest BCUT2D eigenvalue weighted by Gasteiger charge is 2.34. The van der Waals surface area contributed by atoms with Crippen LogP contribution in [0, 0.1) is 6.92 Å². The highest BCUT2D eigenvalue weighted by atomic mass is 32.2. The summed E-state index contributed by atoms with van der Waals surface area (Å²) in [5.41, 5.74) is 1.58. The Hall–Kier alpha value is -1.93. The minimum absolute atomic E-state index is 0.0178. The second kappa shape index (κ2) is 7.53. The standard InChI is InChI=1S/C17H19N3O3S2/c1-10-4-7-15(23-3)13(8-10)14(22)9-24-17-19-18-16(25-17)20(11(2)21)12-5-6-12/h4,7-8,12H,5-6,9H2,1-3H3. The van der Waals surface area contributed by atoms with Crippen LogP contribution in [-0.2, 0) is 4.79 Å². The molecule has 0 saturated heterocycles. The summed E-state index contributed by atoms with van der Waals surface area (Å²) in [6.07, 6.45) is 2.01. The van der Waals surface area contributed by atoms with Gasteiger partial charge in [-0.05, 0) is 31.9 Å². The highest BCUT2D eigenvalue weighted by Crippen LogP contribution is 2.36. The van der Waals surface area contributed by atoms with Crippen molar-refractivity contribution >= 4 is 39.9 Å². The number of anilines is 1. The van der Waals surface area contributed by atoms with Crippen LogP contribution in [0.4, 0.5) is 5.13 Å². The molecule has 0 unspecified atom stereocenters. The predicted molar refractivity (Wildman–Crippen MR) is 98.9 cm³/mol. The van der Waals surface area contributed by atoms with Crippen molar-refractivity contribution in [3.8, 4) is 5.75 Å². The Morgan fingerprint density at radius 1 is 1.36 bits per heavy atom. The summed E-state index contributed by atoms with van der Waals surface area (Å²) in [6.45, 7) is 3.48. The van der Waals surface area contributed by atoms with E-state index in [2.05, 4.69) is 10.2 Å². The number of rotatable bonds is 7. The van der Waals surface area contributed by atoms with E-state index in [4.69, 9.17) is 4.74 Å². The number of carbonyl (C=O) groups excluding carboxylic acids is 2. The third kappa shape index (κ3) is 4.19. The molecule has 0 N–H and O–H groups in total. The molecule has 8 heteroatoms. The second-order valence-electron chi connectivity index (χ2n) is 5.89. The molecule has 0 aliphatic heterocycles. The fourth-order valence-electron chi connectivity index (χ4n) is 2.48. The minimum atomic E-state index is -0.0204. The second-order valence-corrected chi connectivity index (χ2v) is 8.06. The van der Waals surface area contributed by atoms with Gasteiger partial charge in [-0.25, -0.2) is 0 Å². The van der Waals surface area contributed by atoms with Gasteiger partial charge in [0.15, 0.2) is 10.1 Å². The maximum atomic E-state index is 12.5. The molecule has 25 heavy (non-hydrogen) atoms. The maximum absolute atomic E-state index is 12.5. The molecule has 2 aromatic rings. The SMILES string of the molecule is COc1ccc(C)cc1C(=O)CSc1nnc(N(C(C)=O)C2CC2)s1. The van der Waals surface area contributed by atoms with E-state index in [1.165, 1.54) is 23.1 Å². The average molecular weight is 377 g/mol. The first-order valence-corrected chi connectivity index (χ1v) is 9.73. The number of Topliss-reactive ketones (excluding diaryl/α,β-unsaturated/α-hetero) is 1. The van der Waals surface area contributed by atoms with Crippen LogP contribution in [0.25, 0.3) is 0 Å². The van der Waals surface area contributed by atoms with Gasteiger partial charge in [0.05, 0.1) is 18.4 Å². The van der Waals surface area contributed by atoms with Crippen LogP contribution in [0.5, 0.6) is 5.75 Å². The van der Waals surface area contributed by atoms with Gasteiger partial charge >= 0.3 is 0 Å². The molecule has 0 spiro atoms. The van der Waals surface area contributed by atoms with E-state index in [1.54, 1.807) is 25.0 Å². The van der Waals surface area contributed by atoms with E-state index < -0.39 is 0 Å². The van der Waals surface area contributed by atoms with E-state index in [0.717, 1.165) is 18.4 Å². The fraction of sp³-hybridized carbons (Fsp3) is 0.412. The van der Waals surface area contributed by atoms with Crippen LogP contribution in [0.1, 0.15) is 35.7 Å². The van der Waals surface area contributed by atoms with Gasteiger partial charge in [-0.15, -0.1) is 10.2 Å². The Kier molecular flexibility index (Phi) is 5.39. The van der Waals surface area contributed by atoms with Crippen LogP contribution < -0.4 is 9.64 Å². The third-order valence-corrected chi connectivity index (χ3v) is 5.89. The largest absolute Gasteiger partial charge is 0.496 e. The monoisotopic (exact) mass is 377 g/mol. The zero-order chi connectivity index (χ0) is 18.0. The van der Waals surface area contributed by atoms with Crippen molar-refractivity contribution in [2.75, 3.05) is 17.8 Å². The van der Waals surface area contributed by atoms with Gasteiger partial charge in [-0.1, -0.05) is 34.7 Å². The zero-order valence-corrected chi connectivity index (χ0v) is 15.9. The van der Waals surface area contributed by atoms with Gasteiger partial charge in [0, 0.05) is 13.0 Å². The Bertz CT molecular complexity index is 802. The number of aromatic nitrogens is 2. The van der Waals surface area contributed by atoms with Crippen LogP contribution in [-0.4, -0.2) is 40.8 Å². The van der Waals surface area contributed by atoms with Crippen molar-refractivity contribution < 1.29 is 14.3 Å². The lowest BCUT2D eigenvalue weighted by Crippen LogP contribution is -2.30. The Morgan fingerprint density at radius 3 is 2.76 bits per heavy atom. The quantitative estimate of drug-likeness (QED) is 0.419.